The summed E-state index contributed by atoms with van der Waals surface area (Å²) >= 11 is 0. The fourth-order valence-corrected chi connectivity index (χ4v) is 3.72. The van der Waals surface area contributed by atoms with E-state index in [1.54, 1.807) is 0 Å². The molecule has 0 aromatic heterocycles. The van der Waals surface area contributed by atoms with Gasteiger partial charge in [-0.15, -0.1) is 0 Å². The van der Waals surface area contributed by atoms with Gasteiger partial charge in [0.2, 0.25) is 0 Å². The van der Waals surface area contributed by atoms with E-state index >= 15 is 0 Å². The Balaban J connectivity index is 0.000000353. The summed E-state index contributed by atoms with van der Waals surface area (Å²) in [6.45, 7) is 2.15. The Bertz CT molecular complexity index is 997. The number of hydrogen-bond donors (Lipinski definition) is 0. The summed E-state index contributed by atoms with van der Waals surface area (Å²) < 4.78 is 50.2. The van der Waals surface area contributed by atoms with E-state index in [0.717, 1.165) is 17.7 Å². The maximum atomic E-state index is 9.84. The Morgan fingerprint density at radius 1 is 0.857 bits per heavy atom. The van der Waals surface area contributed by atoms with E-state index in [1.807, 2.05) is 0 Å². The fraction of sp³-hybridized carbons (Fsp3) is 0.263. The minimum absolute atomic E-state index is 0. The maximum absolute atomic E-state index is 9.84. The van der Waals surface area contributed by atoms with Crippen LogP contribution in [0.2, 0.25) is 0 Å². The van der Waals surface area contributed by atoms with Crippen molar-refractivity contribution in [3.63, 3.8) is 0 Å². The minimum atomic E-state index is -8.55. The molecule has 0 fully saturated rings. The second kappa shape index (κ2) is 7.08. The summed E-state index contributed by atoms with van der Waals surface area (Å²) in [5, 5.41) is 5.41. The summed E-state index contributed by atoms with van der Waals surface area (Å²) in [5.74, 6) is 0. The van der Waals surface area contributed by atoms with Crippen LogP contribution >= 0.6 is 8.16 Å². The number of anilines is 1. The van der Waals surface area contributed by atoms with E-state index in [0.29, 0.717) is 0 Å². The summed E-state index contributed by atoms with van der Waals surface area (Å²) in [4.78, 5) is 2.38. The molecule has 0 amide bonds. The molecule has 3 aromatic carbocycles. The molecule has 0 aliphatic carbocycles. The summed E-state index contributed by atoms with van der Waals surface area (Å²) in [6.07, 6.45) is 0. The first-order chi connectivity index (χ1) is 12.3. The zero-order chi connectivity index (χ0) is 20.1. The zero-order valence-corrected chi connectivity index (χ0v) is 16.5. The molecule has 0 bridgehead atoms. The van der Waals surface area contributed by atoms with Gasteiger partial charge in [0.25, 0.3) is 0 Å². The Kier molecular flexibility index (Phi) is 5.63. The van der Waals surface area contributed by atoms with Crippen LogP contribution in [-0.2, 0) is 6.54 Å². The average molecular weight is 422 g/mol. The van der Waals surface area contributed by atoms with E-state index in [2.05, 4.69) is 74.6 Å². The second-order valence-electron chi connectivity index (χ2n) is 7.56. The van der Waals surface area contributed by atoms with E-state index in [9.17, 15) is 21.0 Å². The van der Waals surface area contributed by atoms with Crippen molar-refractivity contribution in [3.8, 4) is 0 Å². The molecule has 2 nitrogen and oxygen atoms in total. The molecule has 1 heterocycles. The maximum Gasteiger partial charge on any atom is -1.00 e. The number of hydrogen-bond acceptors (Lipinski definition) is 1. The summed E-state index contributed by atoms with van der Waals surface area (Å²) in [7, 11) is -1.74. The van der Waals surface area contributed by atoms with Crippen molar-refractivity contribution in [2.45, 2.75) is 6.54 Å². The Hall–Kier alpha value is -2.05. The monoisotopic (exact) mass is 422 g/mol. The molecule has 9 heteroatoms. The normalized spacial score (nSPS) is 17.0. The molecule has 1 aliphatic rings. The van der Waals surface area contributed by atoms with E-state index in [1.165, 1.54) is 32.8 Å². The van der Waals surface area contributed by atoms with Gasteiger partial charge in [-0.05, 0) is 39.7 Å². The third-order valence-corrected chi connectivity index (χ3v) is 4.57. The van der Waals surface area contributed by atoms with Gasteiger partial charge in [0.1, 0.15) is 6.54 Å². The number of fused-ring (bicyclic) bond motifs is 4. The SMILES string of the molecule is CN1C[N+](C)(C)Cc2c1ccc1cc3ccccc3cc21.FP(F)(F)(F)F.[F-]. The van der Waals surface area contributed by atoms with Crippen molar-refractivity contribution in [1.29, 1.82) is 0 Å². The van der Waals surface area contributed by atoms with Gasteiger partial charge in [0.05, 0.1) is 19.8 Å². The van der Waals surface area contributed by atoms with Crippen LogP contribution in [0.25, 0.3) is 21.5 Å². The van der Waals surface area contributed by atoms with Crippen LogP contribution in [0.5, 0.6) is 0 Å². The van der Waals surface area contributed by atoms with Gasteiger partial charge in [-0.25, -0.2) is 0 Å². The third-order valence-electron chi connectivity index (χ3n) is 4.57. The fourth-order valence-electron chi connectivity index (χ4n) is 3.72. The predicted octanol–water partition coefficient (Wildman–Crippen LogP) is 3.94. The molecule has 154 valence electrons. The number of halogens is 6. The Morgan fingerprint density at radius 2 is 1.39 bits per heavy atom. The van der Waals surface area contributed by atoms with Crippen LogP contribution in [0, 0.1) is 0 Å². The Morgan fingerprint density at radius 3 is 1.96 bits per heavy atom. The average Bonchev–Trinajstić information content (AvgIpc) is 2.49. The summed E-state index contributed by atoms with van der Waals surface area (Å²) in [6, 6.07) is 17.9. The first-order valence-electron chi connectivity index (χ1n) is 8.36. The molecular formula is C19H21F6N2P. The molecule has 28 heavy (non-hydrogen) atoms. The van der Waals surface area contributed by atoms with Gasteiger partial charge in [-0.2, -0.15) is 0 Å². The second-order valence-corrected chi connectivity index (χ2v) is 8.83. The van der Waals surface area contributed by atoms with Crippen molar-refractivity contribution in [2.24, 2.45) is 0 Å². The van der Waals surface area contributed by atoms with Crippen molar-refractivity contribution in [2.75, 3.05) is 32.7 Å². The molecule has 1 aliphatic heterocycles. The third kappa shape index (κ3) is 5.49. The van der Waals surface area contributed by atoms with Gasteiger partial charge in [0, 0.05) is 12.6 Å². The van der Waals surface area contributed by atoms with Crippen LogP contribution in [-0.4, -0.2) is 32.3 Å². The smallest absolute Gasteiger partial charge is 1.00 e. The molecule has 3 aromatic rings. The van der Waals surface area contributed by atoms with Crippen LogP contribution < -0.4 is 9.60 Å². The molecule has 0 N–H and O–H groups in total. The van der Waals surface area contributed by atoms with Crippen LogP contribution in [0.15, 0.2) is 48.5 Å². The van der Waals surface area contributed by atoms with Gasteiger partial charge in [-0.3, -0.25) is 0 Å². The van der Waals surface area contributed by atoms with Crippen molar-refractivity contribution < 1.29 is 30.2 Å². The minimum Gasteiger partial charge on any atom is -1.00 e. The molecule has 0 unspecified atom stereocenters. The number of nitrogens with zero attached hydrogens (tertiary/aromatic N) is 2. The standard InChI is InChI=1S/C19H21N2.F5P.FH/c1-20-13-21(2,3)12-18-17-11-15-7-5-4-6-14(15)10-16(17)8-9-19(18)20;1-6(2,3,4)5;/h4-11H,12-13H2,1-3H3;;1H/q+1;;/p-1. The molecule has 0 radical (unpaired) electrons. The van der Waals surface area contributed by atoms with Crippen molar-refractivity contribution >= 4 is 35.4 Å². The molecule has 4 rings (SSSR count). The van der Waals surface area contributed by atoms with Gasteiger partial charge in [-0.1, -0.05) is 30.3 Å². The quantitative estimate of drug-likeness (QED) is 0.230. The molecule has 0 atom stereocenters. The first kappa shape index (κ1) is 22.2. The molecular weight excluding hydrogens is 401 g/mol. The van der Waals surface area contributed by atoms with Gasteiger partial charge in [0.15, 0.2) is 6.67 Å². The number of quaternary nitrogens is 1. The van der Waals surface area contributed by atoms with Crippen molar-refractivity contribution in [1.82, 2.24) is 0 Å². The van der Waals surface area contributed by atoms with Gasteiger partial charge < -0.3 is 14.1 Å². The molecule has 0 spiro atoms. The van der Waals surface area contributed by atoms with Crippen LogP contribution in [0.3, 0.4) is 0 Å². The number of rotatable bonds is 0. The summed E-state index contributed by atoms with van der Waals surface area (Å²) in [5.41, 5.74) is 2.87. The van der Waals surface area contributed by atoms with Crippen molar-refractivity contribution in [3.05, 3.63) is 54.1 Å². The first-order valence-corrected chi connectivity index (χ1v) is 10.0. The number of benzene rings is 3. The van der Waals surface area contributed by atoms with E-state index in [4.69, 9.17) is 0 Å². The Labute approximate surface area is 159 Å². The van der Waals surface area contributed by atoms with Gasteiger partial charge >= 0.3 is 29.1 Å². The molecule has 0 saturated carbocycles. The molecule has 0 saturated heterocycles. The largest absolute Gasteiger partial charge is 1.00 e. The zero-order valence-electron chi connectivity index (χ0n) is 15.6. The predicted molar refractivity (Wildman–Crippen MR) is 103 cm³/mol. The topological polar surface area (TPSA) is 3.24 Å². The van der Waals surface area contributed by atoms with E-state index in [-0.39, 0.29) is 4.70 Å². The van der Waals surface area contributed by atoms with Crippen LogP contribution in [0.4, 0.5) is 26.7 Å². The van der Waals surface area contributed by atoms with E-state index < -0.39 is 8.16 Å². The van der Waals surface area contributed by atoms with Crippen LogP contribution in [0.1, 0.15) is 5.56 Å².